The number of para-hydroxylation sites is 1. The highest BCUT2D eigenvalue weighted by Gasteiger charge is 2.63. The predicted molar refractivity (Wildman–Crippen MR) is 390 cm³/mol. The zero-order chi connectivity index (χ0) is 73.5. The lowest BCUT2D eigenvalue weighted by atomic mass is 9.64. The Kier molecular flexibility index (Phi) is 22.1. The van der Waals surface area contributed by atoms with E-state index in [0.717, 1.165) is 72.0 Å². The Hall–Kier alpha value is -10.5. The van der Waals surface area contributed by atoms with Crippen LogP contribution in [0.3, 0.4) is 0 Å². The number of methoxy groups -OCH3 is 2. The molecular weight excluding hydrogens is 1340 g/mol. The average molecular weight is 1430 g/mol. The molecule has 2 saturated carbocycles. The summed E-state index contributed by atoms with van der Waals surface area (Å²) in [6.07, 6.45) is 9.88. The Labute approximate surface area is 610 Å². The molecule has 1 aromatic heterocycles. The number of amides is 8. The van der Waals surface area contributed by atoms with Crippen molar-refractivity contribution in [3.63, 3.8) is 0 Å². The summed E-state index contributed by atoms with van der Waals surface area (Å²) in [7, 11) is 3.21. The van der Waals surface area contributed by atoms with Crippen molar-refractivity contribution in [2.24, 2.45) is 16.7 Å². The first-order chi connectivity index (χ1) is 50.8. The summed E-state index contributed by atoms with van der Waals surface area (Å²) >= 11 is 0. The van der Waals surface area contributed by atoms with Crippen LogP contribution in [0.5, 0.6) is 11.5 Å². The molecule has 2 aliphatic carbocycles. The summed E-state index contributed by atoms with van der Waals surface area (Å²) in [6, 6.07) is 30.6. The van der Waals surface area contributed by atoms with Crippen LogP contribution in [0.2, 0.25) is 0 Å². The molecule has 6 aromatic rings. The first-order valence-corrected chi connectivity index (χ1v) is 36.3. The van der Waals surface area contributed by atoms with E-state index in [2.05, 4.69) is 59.3 Å². The molecule has 26 heteroatoms. The summed E-state index contributed by atoms with van der Waals surface area (Å²) in [5.41, 5.74) is 7.41. The number of carbonyl (C=O) groups excluding carboxylic acids is 8. The predicted octanol–water partition coefficient (Wildman–Crippen LogP) is 6.14. The fourth-order valence-electron chi connectivity index (χ4n) is 15.4. The number of hydrogen-bond acceptors (Lipinski definition) is 17. The average Bonchev–Trinajstić information content (AvgIpc) is 1.56. The van der Waals surface area contributed by atoms with E-state index in [1.807, 2.05) is 107 Å². The van der Waals surface area contributed by atoms with Gasteiger partial charge in [-0.05, 0) is 153 Å². The van der Waals surface area contributed by atoms with Gasteiger partial charge in [0.15, 0.2) is 11.5 Å². The number of nitrogens with one attached hydrogen (secondary N) is 7. The Balaban J connectivity index is 0.559. The van der Waals surface area contributed by atoms with Crippen LogP contribution in [0.1, 0.15) is 130 Å². The highest BCUT2D eigenvalue weighted by molar-refractivity contribution is 6.03. The molecule has 5 aromatic carbocycles. The van der Waals surface area contributed by atoms with Gasteiger partial charge in [0.1, 0.15) is 18.3 Å². The van der Waals surface area contributed by atoms with Crippen molar-refractivity contribution in [3.05, 3.63) is 161 Å². The number of hydrogen-bond donors (Lipinski definition) is 8. The van der Waals surface area contributed by atoms with Crippen molar-refractivity contribution in [2.75, 3.05) is 69.1 Å². The molecule has 8 amide bonds. The van der Waals surface area contributed by atoms with Crippen LogP contribution in [0.25, 0.3) is 11.3 Å². The number of unbranched alkanes of at least 4 members (excludes halogenated alkanes) is 2. The summed E-state index contributed by atoms with van der Waals surface area (Å²) in [5.74, 6) is 3.46. The number of ether oxygens (including phenoxy) is 4. The second-order valence-electron chi connectivity index (χ2n) is 28.9. The zero-order valence-electron chi connectivity index (χ0n) is 59.8. The molecule has 550 valence electrons. The normalized spacial score (nSPS) is 22.2. The van der Waals surface area contributed by atoms with Crippen LogP contribution in [0.15, 0.2) is 128 Å². The number of rotatable bonds is 27. The molecule has 1 spiro atoms. The highest BCUT2D eigenvalue weighted by Crippen LogP contribution is 2.58. The van der Waals surface area contributed by atoms with E-state index in [0.29, 0.717) is 91.7 Å². The molecule has 2 saturated heterocycles. The van der Waals surface area contributed by atoms with Gasteiger partial charge >= 0.3 is 0 Å². The number of aromatic nitrogens is 3. The van der Waals surface area contributed by atoms with Crippen LogP contribution in [0, 0.1) is 28.6 Å². The van der Waals surface area contributed by atoms with E-state index in [-0.39, 0.29) is 60.7 Å². The maximum Gasteiger partial charge on any atom is 0.260 e. The van der Waals surface area contributed by atoms with Gasteiger partial charge in [0.25, 0.3) is 5.91 Å². The van der Waals surface area contributed by atoms with Gasteiger partial charge in [-0.3, -0.25) is 43.7 Å². The van der Waals surface area contributed by atoms with Gasteiger partial charge in [-0.15, -0.1) is 0 Å². The summed E-state index contributed by atoms with van der Waals surface area (Å²) in [5, 5.41) is 40.6. The van der Waals surface area contributed by atoms with Crippen molar-refractivity contribution >= 4 is 69.9 Å². The summed E-state index contributed by atoms with van der Waals surface area (Å²) in [4.78, 5) is 116. The molecule has 4 fully saturated rings. The van der Waals surface area contributed by atoms with E-state index in [1.54, 1.807) is 68.4 Å². The molecule has 5 unspecified atom stereocenters. The molecule has 9 atom stereocenters. The van der Waals surface area contributed by atoms with Crippen molar-refractivity contribution in [3.8, 4) is 29.0 Å². The lowest BCUT2D eigenvalue weighted by Gasteiger charge is -2.48. The monoisotopic (exact) mass is 1430 g/mol. The fraction of sp³-hybridized carbons (Fsp3) is 0.443. The first-order valence-electron chi connectivity index (χ1n) is 36.3. The van der Waals surface area contributed by atoms with Gasteiger partial charge < -0.3 is 70.7 Å². The van der Waals surface area contributed by atoms with Crippen LogP contribution in [-0.2, 0) is 56.0 Å². The first kappa shape index (κ1) is 72.9. The van der Waals surface area contributed by atoms with Crippen LogP contribution in [0.4, 0.5) is 17.1 Å². The Morgan fingerprint density at radius 3 is 2.24 bits per heavy atom. The summed E-state index contributed by atoms with van der Waals surface area (Å²) in [6.45, 7) is 6.26. The highest BCUT2D eigenvalue weighted by atomic mass is 16.5. The quantitative estimate of drug-likeness (QED) is 0.0212. The second kappa shape index (κ2) is 31.9. The standard InChI is InChI=1S/C79H91N13O13/c1-48(2)72(88-70(95)44-82-69(94)43-81-68(93)27-28-71(96)90-45-54-15-8-7-13-51(54)19-20-53-14-9-10-16-61(53)90)75(99)85-49(3)73(97)86-56-23-17-50(18-24-56)39-79-41-66(103-5)65(38-67(79)87-74(98)62-40-78(29-30-78)47-91(62)77(79)101)105-34-12-6-11-33-104-64-37-60-59(36-63(64)102-4)76(100)89-46-55(35-58(89)42-80-60)52-21-25-57(26-22-52)92-83-31-32-84-92/h7-10,13-18,21-26,31-32,36-37,46,48-49,58,62,65-67,72,74,80,87,98H,6,11-12,27-30,33-35,38-45,47H2,1-5H3,(H,81,93)(H,82,94)(H,85,99)(H,86,97)(H,88,95)/t49-,58-,62-,65?,66?,67?,72-,74?,79?/m0/s1. The van der Waals surface area contributed by atoms with Gasteiger partial charge in [0.05, 0.1) is 98.1 Å². The van der Waals surface area contributed by atoms with Crippen LogP contribution >= 0.6 is 0 Å². The molecule has 26 nitrogen and oxygen atoms in total. The largest absolute Gasteiger partial charge is 0.493 e. The van der Waals surface area contributed by atoms with Gasteiger partial charge in [-0.1, -0.05) is 80.3 Å². The molecular formula is C79H91N13O13. The SMILES string of the molecule is COc1cc2c(cc1OCCCCCOC1CC3NC(O)[C@@H]4CC5(CC5)CN4C(=O)C3(Cc3ccc(NC(=O)[C@H](C)NC(=O)[C@@H](NC(=O)CNC(=O)CNC(=O)CCC(=O)N4Cc5ccccc5C#Cc5ccccc54)C(C)C)cc3)CC1OC)NC[C@@H]1CC(c3ccc(-n4nccn4)cc3)=CN1C2=O. The van der Waals surface area contributed by atoms with Crippen molar-refractivity contribution in [1.82, 2.24) is 51.4 Å². The Morgan fingerprint density at radius 2 is 1.49 bits per heavy atom. The minimum Gasteiger partial charge on any atom is -0.493 e. The third-order valence-corrected chi connectivity index (χ3v) is 21.4. The third kappa shape index (κ3) is 16.4. The smallest absolute Gasteiger partial charge is 0.260 e. The summed E-state index contributed by atoms with van der Waals surface area (Å²) < 4.78 is 25.0. The number of aliphatic hydroxyl groups excluding tert-OH is 1. The molecule has 5 aliphatic heterocycles. The Morgan fingerprint density at radius 1 is 0.762 bits per heavy atom. The fourth-order valence-corrected chi connectivity index (χ4v) is 15.4. The number of benzene rings is 5. The third-order valence-electron chi connectivity index (χ3n) is 21.4. The maximum absolute atomic E-state index is 15.4. The minimum absolute atomic E-state index is 0.0188. The maximum atomic E-state index is 15.4. The number of carbonyl (C=O) groups is 8. The van der Waals surface area contributed by atoms with E-state index < -0.39 is 84.4 Å². The molecule has 6 heterocycles. The van der Waals surface area contributed by atoms with E-state index in [1.165, 1.54) is 6.92 Å². The van der Waals surface area contributed by atoms with E-state index in [9.17, 15) is 38.7 Å². The minimum atomic E-state index is -1.08. The van der Waals surface area contributed by atoms with Gasteiger partial charge in [-0.25, -0.2) is 0 Å². The molecule has 13 rings (SSSR count). The number of fused-ring (bicyclic) bond motifs is 6. The Bertz CT molecular complexity index is 4340. The molecule has 105 heavy (non-hydrogen) atoms. The molecule has 7 aliphatic rings. The van der Waals surface area contributed by atoms with Gasteiger partial charge in [-0.2, -0.15) is 15.0 Å². The number of nitrogens with zero attached hydrogens (tertiary/aromatic N) is 6. The van der Waals surface area contributed by atoms with Crippen molar-refractivity contribution < 1.29 is 62.4 Å². The molecule has 0 radical (unpaired) electrons. The zero-order valence-corrected chi connectivity index (χ0v) is 59.8. The lowest BCUT2D eigenvalue weighted by molar-refractivity contribution is -0.158. The molecule has 0 bridgehead atoms. The second-order valence-corrected chi connectivity index (χ2v) is 28.9. The van der Waals surface area contributed by atoms with Crippen molar-refractivity contribution in [1.29, 1.82) is 0 Å². The van der Waals surface area contributed by atoms with Gasteiger partial charge in [0, 0.05) is 74.8 Å². The lowest BCUT2D eigenvalue weighted by Crippen LogP contribution is -2.61. The number of aliphatic hydroxyl groups is 1. The van der Waals surface area contributed by atoms with E-state index in [4.69, 9.17) is 18.9 Å². The molecule has 8 N–H and O–H groups in total. The van der Waals surface area contributed by atoms with Crippen LogP contribution < -0.4 is 51.6 Å². The topological polar surface area (TPSA) is 318 Å². The van der Waals surface area contributed by atoms with E-state index >= 15 is 4.79 Å². The van der Waals surface area contributed by atoms with Gasteiger partial charge in [0.2, 0.25) is 41.4 Å². The number of anilines is 3. The van der Waals surface area contributed by atoms with Crippen LogP contribution in [-0.4, -0.2) is 179 Å². The van der Waals surface area contributed by atoms with Crippen molar-refractivity contribution in [2.45, 2.75) is 153 Å².